The van der Waals surface area contributed by atoms with Gasteiger partial charge in [-0.15, -0.1) is 5.10 Å². The monoisotopic (exact) mass is 219 g/mol. The van der Waals surface area contributed by atoms with Gasteiger partial charge in [0.1, 0.15) is 5.52 Å². The van der Waals surface area contributed by atoms with Crippen LogP contribution < -0.4 is 5.56 Å². The van der Waals surface area contributed by atoms with Crippen LogP contribution in [0.15, 0.2) is 29.1 Å². The second kappa shape index (κ2) is 3.73. The van der Waals surface area contributed by atoms with E-state index in [0.29, 0.717) is 10.9 Å². The molecule has 0 unspecified atom stereocenters. The molecule has 0 fully saturated rings. The largest absolute Gasteiger partial charge is 0.480 e. The van der Waals surface area contributed by atoms with Crippen LogP contribution in [0.3, 0.4) is 0 Å². The Labute approximate surface area is 90.1 Å². The summed E-state index contributed by atoms with van der Waals surface area (Å²) in [5.41, 5.74) is 0.0156. The molecule has 2 rings (SSSR count). The summed E-state index contributed by atoms with van der Waals surface area (Å²) < 4.78 is 0.866. The smallest absolute Gasteiger partial charge is 0.328 e. The lowest BCUT2D eigenvalue weighted by Gasteiger charge is -2.08. The van der Waals surface area contributed by atoms with E-state index in [1.54, 1.807) is 24.3 Å². The van der Waals surface area contributed by atoms with Crippen molar-refractivity contribution in [3.63, 3.8) is 0 Å². The second-order valence-electron chi connectivity index (χ2n) is 3.37. The zero-order chi connectivity index (χ0) is 11.7. The van der Waals surface area contributed by atoms with E-state index in [1.165, 1.54) is 6.92 Å². The molecule has 0 saturated heterocycles. The highest BCUT2D eigenvalue weighted by molar-refractivity contribution is 5.77. The predicted octanol–water partition coefficient (Wildman–Crippen LogP) is 0.437. The third-order valence-electron chi connectivity index (χ3n) is 2.32. The molecule has 1 N–H and O–H groups in total. The summed E-state index contributed by atoms with van der Waals surface area (Å²) in [6, 6.07) is 5.66. The predicted molar refractivity (Wildman–Crippen MR) is 56.1 cm³/mol. The molecule has 6 heteroatoms. The van der Waals surface area contributed by atoms with E-state index in [4.69, 9.17) is 5.11 Å². The average Bonchev–Trinajstić information content (AvgIpc) is 2.29. The van der Waals surface area contributed by atoms with E-state index in [2.05, 4.69) is 10.3 Å². The molecule has 0 aliphatic carbocycles. The zero-order valence-electron chi connectivity index (χ0n) is 8.49. The first kappa shape index (κ1) is 10.3. The zero-order valence-corrected chi connectivity index (χ0v) is 8.49. The van der Waals surface area contributed by atoms with Crippen molar-refractivity contribution in [1.29, 1.82) is 0 Å². The lowest BCUT2D eigenvalue weighted by atomic mass is 10.2. The van der Waals surface area contributed by atoms with Crippen LogP contribution in [0, 0.1) is 0 Å². The van der Waals surface area contributed by atoms with Gasteiger partial charge in [-0.2, -0.15) is 4.68 Å². The standard InChI is InChI=1S/C10H9N3O3/c1-6(10(15)16)13-9(14)7-4-2-3-5-8(7)11-12-13/h2-6H,1H3,(H,15,16)/t6-/m0/s1. The fourth-order valence-electron chi connectivity index (χ4n) is 1.36. The van der Waals surface area contributed by atoms with Gasteiger partial charge in [-0.1, -0.05) is 17.3 Å². The van der Waals surface area contributed by atoms with Gasteiger partial charge < -0.3 is 5.11 Å². The summed E-state index contributed by atoms with van der Waals surface area (Å²) in [7, 11) is 0. The van der Waals surface area contributed by atoms with Gasteiger partial charge >= 0.3 is 5.97 Å². The Balaban J connectivity index is 2.70. The Morgan fingerprint density at radius 2 is 2.12 bits per heavy atom. The van der Waals surface area contributed by atoms with E-state index < -0.39 is 17.6 Å². The highest BCUT2D eigenvalue weighted by Crippen LogP contribution is 2.06. The highest BCUT2D eigenvalue weighted by Gasteiger charge is 2.17. The summed E-state index contributed by atoms with van der Waals surface area (Å²) in [6.45, 7) is 1.38. The molecule has 6 nitrogen and oxygen atoms in total. The van der Waals surface area contributed by atoms with Crippen LogP contribution in [-0.4, -0.2) is 26.1 Å². The van der Waals surface area contributed by atoms with Crippen LogP contribution in [-0.2, 0) is 4.79 Å². The van der Waals surface area contributed by atoms with Crippen LogP contribution in [0.1, 0.15) is 13.0 Å². The minimum Gasteiger partial charge on any atom is -0.480 e. The van der Waals surface area contributed by atoms with Crippen molar-refractivity contribution >= 4 is 16.9 Å². The van der Waals surface area contributed by atoms with Crippen molar-refractivity contribution in [2.45, 2.75) is 13.0 Å². The lowest BCUT2D eigenvalue weighted by molar-refractivity contribution is -0.140. The Bertz CT molecular complexity index is 606. The average molecular weight is 219 g/mol. The van der Waals surface area contributed by atoms with Crippen LogP contribution in [0.25, 0.3) is 10.9 Å². The van der Waals surface area contributed by atoms with Crippen LogP contribution in [0.5, 0.6) is 0 Å². The molecule has 82 valence electrons. The fraction of sp³-hybridized carbons (Fsp3) is 0.200. The van der Waals surface area contributed by atoms with E-state index in [-0.39, 0.29) is 0 Å². The maximum absolute atomic E-state index is 11.9. The molecule has 0 bridgehead atoms. The van der Waals surface area contributed by atoms with Gasteiger partial charge in [-0.25, -0.2) is 4.79 Å². The van der Waals surface area contributed by atoms with E-state index in [0.717, 1.165) is 4.68 Å². The Morgan fingerprint density at radius 3 is 2.81 bits per heavy atom. The van der Waals surface area contributed by atoms with Crippen molar-refractivity contribution in [1.82, 2.24) is 15.0 Å². The molecule has 0 radical (unpaired) electrons. The first-order valence-corrected chi connectivity index (χ1v) is 4.68. The number of aliphatic carboxylic acids is 1. The van der Waals surface area contributed by atoms with E-state index in [1.807, 2.05) is 0 Å². The van der Waals surface area contributed by atoms with Crippen molar-refractivity contribution < 1.29 is 9.90 Å². The highest BCUT2D eigenvalue weighted by atomic mass is 16.4. The second-order valence-corrected chi connectivity index (χ2v) is 3.37. The van der Waals surface area contributed by atoms with Gasteiger partial charge in [0.15, 0.2) is 6.04 Å². The molecule has 0 aliphatic heterocycles. The molecule has 0 spiro atoms. The maximum Gasteiger partial charge on any atom is 0.328 e. The van der Waals surface area contributed by atoms with Crippen LogP contribution in [0.4, 0.5) is 0 Å². The molecule has 1 aromatic heterocycles. The van der Waals surface area contributed by atoms with Crippen LogP contribution in [0.2, 0.25) is 0 Å². The molecule has 0 amide bonds. The SMILES string of the molecule is C[C@@H](C(=O)O)n1nnc2ccccc2c1=O. The molecular formula is C10H9N3O3. The Morgan fingerprint density at radius 1 is 1.44 bits per heavy atom. The molecule has 2 aromatic rings. The number of benzene rings is 1. The molecule has 1 aromatic carbocycles. The molecular weight excluding hydrogens is 210 g/mol. The summed E-state index contributed by atoms with van der Waals surface area (Å²) in [6.07, 6.45) is 0. The van der Waals surface area contributed by atoms with Gasteiger partial charge in [-0.05, 0) is 19.1 Å². The van der Waals surface area contributed by atoms with Gasteiger partial charge in [-0.3, -0.25) is 4.79 Å². The Hall–Kier alpha value is -2.24. The number of carboxylic acid groups (broad SMARTS) is 1. The normalized spacial score (nSPS) is 12.6. The number of carboxylic acids is 1. The third-order valence-corrected chi connectivity index (χ3v) is 2.32. The number of aromatic nitrogens is 3. The maximum atomic E-state index is 11.9. The number of hydrogen-bond donors (Lipinski definition) is 1. The number of carbonyl (C=O) groups is 1. The lowest BCUT2D eigenvalue weighted by Crippen LogP contribution is -2.31. The first-order chi connectivity index (χ1) is 7.61. The number of fused-ring (bicyclic) bond motifs is 1. The third kappa shape index (κ3) is 1.54. The van der Waals surface area contributed by atoms with Crippen molar-refractivity contribution in [3.8, 4) is 0 Å². The molecule has 1 heterocycles. The van der Waals surface area contributed by atoms with Crippen molar-refractivity contribution in [2.75, 3.05) is 0 Å². The van der Waals surface area contributed by atoms with Gasteiger partial charge in [0.05, 0.1) is 5.39 Å². The number of nitrogens with zero attached hydrogens (tertiary/aromatic N) is 3. The van der Waals surface area contributed by atoms with Crippen LogP contribution >= 0.6 is 0 Å². The first-order valence-electron chi connectivity index (χ1n) is 4.68. The van der Waals surface area contributed by atoms with Crippen molar-refractivity contribution in [2.24, 2.45) is 0 Å². The minimum atomic E-state index is -1.12. The van der Waals surface area contributed by atoms with Crippen molar-refractivity contribution in [3.05, 3.63) is 34.6 Å². The Kier molecular flexibility index (Phi) is 2.40. The minimum absolute atomic E-state index is 0.366. The van der Waals surface area contributed by atoms with Gasteiger partial charge in [0.25, 0.3) is 5.56 Å². The van der Waals surface area contributed by atoms with E-state index >= 15 is 0 Å². The number of rotatable bonds is 2. The van der Waals surface area contributed by atoms with Gasteiger partial charge in [0.2, 0.25) is 0 Å². The summed E-state index contributed by atoms with van der Waals surface area (Å²) in [4.78, 5) is 22.6. The summed E-state index contributed by atoms with van der Waals surface area (Å²) in [5, 5.41) is 16.6. The number of hydrogen-bond acceptors (Lipinski definition) is 4. The summed E-state index contributed by atoms with van der Waals surface area (Å²) in [5.74, 6) is -1.12. The molecule has 1 atom stereocenters. The van der Waals surface area contributed by atoms with E-state index in [9.17, 15) is 9.59 Å². The summed E-state index contributed by atoms with van der Waals surface area (Å²) >= 11 is 0. The topological polar surface area (TPSA) is 85.1 Å². The molecule has 0 saturated carbocycles. The molecule has 16 heavy (non-hydrogen) atoms. The quantitative estimate of drug-likeness (QED) is 0.791. The molecule has 0 aliphatic rings. The van der Waals surface area contributed by atoms with Gasteiger partial charge in [0, 0.05) is 0 Å². The fourth-order valence-corrected chi connectivity index (χ4v) is 1.36.